The molecule has 0 aliphatic rings. The Hall–Kier alpha value is -1.19. The lowest BCUT2D eigenvalue weighted by molar-refractivity contribution is 0.597. The number of aromatic nitrogens is 2. The zero-order chi connectivity index (χ0) is 5.98. The fourth-order valence-corrected chi connectivity index (χ4v) is 0.294. The predicted molar refractivity (Wildman–Crippen MR) is 23.7 cm³/mol. The van der Waals surface area contributed by atoms with Crippen molar-refractivity contribution in [2.24, 2.45) is 0 Å². The van der Waals surface area contributed by atoms with E-state index in [9.17, 15) is 9.18 Å². The first-order chi connectivity index (χ1) is 3.80. The molecule has 0 amide bonds. The second kappa shape index (κ2) is 1.73. The van der Waals surface area contributed by atoms with Gasteiger partial charge in [-0.05, 0) is 0 Å². The molecule has 0 spiro atoms. The molecule has 0 fully saturated rings. The molecule has 0 saturated heterocycles. The van der Waals surface area contributed by atoms with Gasteiger partial charge in [-0.1, -0.05) is 0 Å². The molecule has 8 heavy (non-hydrogen) atoms. The lowest BCUT2D eigenvalue weighted by Gasteiger charge is -1.78. The van der Waals surface area contributed by atoms with Crippen LogP contribution in [0, 0.1) is 11.9 Å². The van der Waals surface area contributed by atoms with Crippen molar-refractivity contribution in [1.29, 1.82) is 0 Å². The Morgan fingerprint density at radius 3 is 3.00 bits per heavy atom. The van der Waals surface area contributed by atoms with Crippen molar-refractivity contribution in [3.63, 3.8) is 0 Å². The zero-order valence-corrected chi connectivity index (χ0v) is 3.81. The molecule has 1 N–H and O–H groups in total. The van der Waals surface area contributed by atoms with Gasteiger partial charge < -0.3 is 0 Å². The molecule has 0 aliphatic carbocycles. The van der Waals surface area contributed by atoms with Gasteiger partial charge in [0.2, 0.25) is 0 Å². The molecule has 1 aromatic rings. The summed E-state index contributed by atoms with van der Waals surface area (Å²) in [6.45, 7) is 0. The van der Waals surface area contributed by atoms with Crippen LogP contribution in [0.1, 0.15) is 0 Å². The van der Waals surface area contributed by atoms with Crippen LogP contribution < -0.4 is 5.56 Å². The summed E-state index contributed by atoms with van der Waals surface area (Å²) in [5, 5.41) is 5.10. The highest BCUT2D eigenvalue weighted by atomic mass is 19.1. The van der Waals surface area contributed by atoms with Gasteiger partial charge >= 0.3 is 5.56 Å². The first-order valence-corrected chi connectivity index (χ1v) is 1.91. The highest BCUT2D eigenvalue weighted by Gasteiger charge is 1.91. The third kappa shape index (κ3) is 0.726. The minimum Gasteiger partial charge on any atom is -0.265 e. The molecule has 0 atom stereocenters. The smallest absolute Gasteiger partial charge is 0.265 e. The van der Waals surface area contributed by atoms with Crippen LogP contribution in [0.3, 0.4) is 0 Å². The quantitative estimate of drug-likeness (QED) is 0.502. The van der Waals surface area contributed by atoms with Crippen molar-refractivity contribution in [1.82, 2.24) is 10.2 Å². The second-order valence-electron chi connectivity index (χ2n) is 1.16. The summed E-state index contributed by atoms with van der Waals surface area (Å²) >= 11 is 0. The number of nitrogens with zero attached hydrogens (tertiary/aromatic N) is 1. The summed E-state index contributed by atoms with van der Waals surface area (Å²) in [6, 6.07) is 1.98. The second-order valence-corrected chi connectivity index (χ2v) is 1.16. The van der Waals surface area contributed by atoms with E-state index in [0.29, 0.717) is 0 Å². The molecule has 1 aromatic heterocycles. The summed E-state index contributed by atoms with van der Waals surface area (Å²) < 4.78 is 11.9. The normalized spacial score (nSPS) is 9.12. The number of hydrogen-bond donors (Lipinski definition) is 1. The predicted octanol–water partition coefficient (Wildman–Crippen LogP) is -0.291. The van der Waals surface area contributed by atoms with Crippen LogP contribution in [-0.4, -0.2) is 10.2 Å². The van der Waals surface area contributed by atoms with E-state index in [4.69, 9.17) is 0 Å². The maximum Gasteiger partial charge on any atom is 0.300 e. The van der Waals surface area contributed by atoms with Crippen LogP contribution in [0.15, 0.2) is 11.0 Å². The monoisotopic (exact) mass is 113 g/mol. The lowest BCUT2D eigenvalue weighted by Crippen LogP contribution is -2.10. The largest absolute Gasteiger partial charge is 0.300 e. The van der Waals surface area contributed by atoms with E-state index in [1.807, 2.05) is 11.2 Å². The summed E-state index contributed by atoms with van der Waals surface area (Å²) in [6.07, 6.45) is 1.05. The average Bonchev–Trinajstić information content (AvgIpc) is 1.77. The highest BCUT2D eigenvalue weighted by molar-refractivity contribution is 4.84. The van der Waals surface area contributed by atoms with Crippen molar-refractivity contribution in [2.45, 2.75) is 0 Å². The number of halogens is 1. The van der Waals surface area contributed by atoms with Crippen LogP contribution in [0.25, 0.3) is 0 Å². The maximum atomic E-state index is 11.9. The highest BCUT2D eigenvalue weighted by Crippen LogP contribution is 1.76. The number of hydrogen-bond acceptors (Lipinski definition) is 2. The van der Waals surface area contributed by atoms with Gasteiger partial charge in [0.05, 0.1) is 6.20 Å². The molecule has 41 valence electrons. The van der Waals surface area contributed by atoms with Gasteiger partial charge in [0.25, 0.3) is 0 Å². The minimum absolute atomic E-state index is 0.840. The molecule has 1 radical (unpaired) electrons. The average molecular weight is 113 g/mol. The number of nitrogens with one attached hydrogen (secondary N) is 1. The molecule has 4 heteroatoms. The van der Waals surface area contributed by atoms with E-state index >= 15 is 0 Å². The first kappa shape index (κ1) is 4.96. The van der Waals surface area contributed by atoms with Crippen molar-refractivity contribution in [3.8, 4) is 0 Å². The van der Waals surface area contributed by atoms with Crippen LogP contribution in [0.2, 0.25) is 0 Å². The minimum atomic E-state index is -0.931. The van der Waals surface area contributed by atoms with Gasteiger partial charge in [0.1, 0.15) is 0 Å². The molecule has 0 aromatic carbocycles. The molecule has 3 nitrogen and oxygen atoms in total. The molecule has 0 unspecified atom stereocenters. The summed E-state index contributed by atoms with van der Waals surface area (Å²) in [5.41, 5.74) is -0.840. The van der Waals surface area contributed by atoms with Gasteiger partial charge in [-0.3, -0.25) is 4.79 Å². The Morgan fingerprint density at radius 2 is 2.62 bits per heavy atom. The topological polar surface area (TPSA) is 45.8 Å². The maximum absolute atomic E-state index is 11.9. The number of aromatic amines is 1. The van der Waals surface area contributed by atoms with Crippen LogP contribution >= 0.6 is 0 Å². The molecule has 0 aliphatic heterocycles. The van der Waals surface area contributed by atoms with Crippen molar-refractivity contribution in [2.75, 3.05) is 0 Å². The third-order valence-corrected chi connectivity index (χ3v) is 0.621. The SMILES string of the molecule is O=c1[nH]nc[c]c1F. The van der Waals surface area contributed by atoms with Crippen LogP contribution in [0.5, 0.6) is 0 Å². The van der Waals surface area contributed by atoms with Gasteiger partial charge in [-0.2, -0.15) is 5.10 Å². The zero-order valence-electron chi connectivity index (χ0n) is 3.81. The summed E-state index contributed by atoms with van der Waals surface area (Å²) in [5.74, 6) is -0.931. The van der Waals surface area contributed by atoms with Crippen LogP contribution in [-0.2, 0) is 0 Å². The van der Waals surface area contributed by atoms with Crippen molar-refractivity contribution in [3.05, 3.63) is 28.4 Å². The first-order valence-electron chi connectivity index (χ1n) is 1.91. The molecule has 1 heterocycles. The Bertz CT molecular complexity index is 231. The fraction of sp³-hybridized carbons (Fsp3) is 0. The summed E-state index contributed by atoms with van der Waals surface area (Å²) in [7, 11) is 0. The van der Waals surface area contributed by atoms with Crippen molar-refractivity contribution >= 4 is 0 Å². The molecule has 0 saturated carbocycles. The molecular formula is C4H2FN2O. The van der Waals surface area contributed by atoms with E-state index in [-0.39, 0.29) is 0 Å². The molecule has 0 bridgehead atoms. The molecule has 1 rings (SSSR count). The van der Waals surface area contributed by atoms with Gasteiger partial charge in [0, 0.05) is 6.07 Å². The van der Waals surface area contributed by atoms with Crippen molar-refractivity contribution < 1.29 is 4.39 Å². The van der Waals surface area contributed by atoms with Gasteiger partial charge in [0.15, 0.2) is 5.82 Å². The Labute approximate surface area is 44.2 Å². The molecular weight excluding hydrogens is 111 g/mol. The Balaban J connectivity index is 3.35. The standard InChI is InChI=1S/C4H2FN2O/c5-3-1-2-6-7-4(3)8/h2H,(H,7,8). The van der Waals surface area contributed by atoms with Gasteiger partial charge in [-0.15, -0.1) is 0 Å². The third-order valence-electron chi connectivity index (χ3n) is 0.621. The Morgan fingerprint density at radius 1 is 1.88 bits per heavy atom. The van der Waals surface area contributed by atoms with Gasteiger partial charge in [-0.25, -0.2) is 9.49 Å². The fourth-order valence-electron chi connectivity index (χ4n) is 0.294. The van der Waals surface area contributed by atoms with Crippen LogP contribution in [0.4, 0.5) is 4.39 Å². The van der Waals surface area contributed by atoms with E-state index < -0.39 is 11.4 Å². The van der Waals surface area contributed by atoms with E-state index in [0.717, 1.165) is 6.20 Å². The lowest BCUT2D eigenvalue weighted by atomic mass is 10.6. The van der Waals surface area contributed by atoms with E-state index in [1.54, 1.807) is 0 Å². The number of rotatable bonds is 0. The Kier molecular flexibility index (Phi) is 1.07. The number of H-pyrrole nitrogens is 1. The van der Waals surface area contributed by atoms with E-state index in [1.165, 1.54) is 0 Å². The summed E-state index contributed by atoms with van der Waals surface area (Å²) in [4.78, 5) is 10.1. The van der Waals surface area contributed by atoms with E-state index in [2.05, 4.69) is 5.10 Å².